The summed E-state index contributed by atoms with van der Waals surface area (Å²) in [5.74, 6) is 1.84. The lowest BCUT2D eigenvalue weighted by atomic mass is 9.90. The van der Waals surface area contributed by atoms with Crippen LogP contribution in [0.5, 0.6) is 11.5 Å². The van der Waals surface area contributed by atoms with Crippen molar-refractivity contribution in [3.63, 3.8) is 0 Å². The van der Waals surface area contributed by atoms with Gasteiger partial charge in [0.15, 0.2) is 11.5 Å². The number of ether oxygens (including phenoxy) is 2. The molecule has 136 valence electrons. The molecule has 2 aliphatic heterocycles. The number of benzene rings is 1. The van der Waals surface area contributed by atoms with Crippen LogP contribution in [0.2, 0.25) is 0 Å². The van der Waals surface area contributed by atoms with Crippen molar-refractivity contribution in [3.05, 3.63) is 58.5 Å². The van der Waals surface area contributed by atoms with E-state index in [0.29, 0.717) is 17.4 Å². The number of amides is 1. The smallest absolute Gasteiger partial charge is 0.267 e. The van der Waals surface area contributed by atoms with Gasteiger partial charge in [-0.2, -0.15) is 0 Å². The number of fused-ring (bicyclic) bond motifs is 1. The van der Waals surface area contributed by atoms with Gasteiger partial charge in [0, 0.05) is 25.4 Å². The molecule has 1 aromatic heterocycles. The number of hydrogen-bond donors (Lipinski definition) is 1. The van der Waals surface area contributed by atoms with Gasteiger partial charge >= 0.3 is 0 Å². The summed E-state index contributed by atoms with van der Waals surface area (Å²) in [6, 6.07) is 10.9. The number of nitrogens with one attached hydrogen (secondary N) is 1. The molecule has 0 aliphatic carbocycles. The first-order chi connectivity index (χ1) is 12.7. The first kappa shape index (κ1) is 16.7. The second kappa shape index (κ2) is 7.23. The summed E-state index contributed by atoms with van der Waals surface area (Å²) in [5.41, 5.74) is 1.06. The molecule has 0 radical (unpaired) electrons. The molecule has 1 atom stereocenters. The topological polar surface area (TPSA) is 71.6 Å². The number of rotatable bonds is 3. The maximum atomic E-state index is 12.7. The van der Waals surface area contributed by atoms with Crippen molar-refractivity contribution < 1.29 is 14.3 Å². The van der Waals surface area contributed by atoms with Gasteiger partial charge in [-0.1, -0.05) is 18.2 Å². The van der Waals surface area contributed by atoms with Crippen LogP contribution in [0.3, 0.4) is 0 Å². The van der Waals surface area contributed by atoms with Crippen LogP contribution < -0.4 is 15.0 Å². The quantitative estimate of drug-likeness (QED) is 0.915. The zero-order chi connectivity index (χ0) is 17.9. The number of likely N-dealkylation sites (tertiary alicyclic amines) is 1. The van der Waals surface area contributed by atoms with E-state index < -0.39 is 6.10 Å². The molecule has 0 bridgehead atoms. The maximum absolute atomic E-state index is 12.7. The van der Waals surface area contributed by atoms with E-state index in [1.54, 1.807) is 12.3 Å². The van der Waals surface area contributed by atoms with Crippen LogP contribution in [0.25, 0.3) is 0 Å². The minimum absolute atomic E-state index is 0.00185. The number of aromatic amines is 1. The lowest BCUT2D eigenvalue weighted by Gasteiger charge is -2.35. The van der Waals surface area contributed by atoms with Gasteiger partial charge in [-0.25, -0.2) is 0 Å². The fraction of sp³-hybridized carbons (Fsp3) is 0.400. The number of piperidine rings is 1. The van der Waals surface area contributed by atoms with Crippen molar-refractivity contribution in [2.24, 2.45) is 5.92 Å². The monoisotopic (exact) mass is 354 g/mol. The van der Waals surface area contributed by atoms with Gasteiger partial charge in [0.25, 0.3) is 5.91 Å². The fourth-order valence-corrected chi connectivity index (χ4v) is 3.61. The lowest BCUT2D eigenvalue weighted by molar-refractivity contribution is -0.142. The largest absolute Gasteiger partial charge is 0.485 e. The fourth-order valence-electron chi connectivity index (χ4n) is 3.61. The van der Waals surface area contributed by atoms with Crippen LogP contribution in [0, 0.1) is 5.92 Å². The van der Waals surface area contributed by atoms with Crippen LogP contribution in [-0.4, -0.2) is 41.6 Å². The number of pyridine rings is 1. The van der Waals surface area contributed by atoms with Gasteiger partial charge in [-0.15, -0.1) is 0 Å². The molecule has 6 nitrogen and oxygen atoms in total. The molecule has 6 heteroatoms. The first-order valence-electron chi connectivity index (χ1n) is 9.04. The standard InChI is InChI=1S/C20H22N2O4/c23-19-6-5-15(12-21-19)11-14-7-9-22(10-8-14)20(24)18-13-25-16-3-1-2-4-17(16)26-18/h1-6,12,14,18H,7-11,13H2,(H,21,23). The van der Waals surface area contributed by atoms with Gasteiger partial charge in [-0.05, 0) is 42.9 Å². The highest BCUT2D eigenvalue weighted by Gasteiger charge is 2.33. The number of H-pyrrole nitrogens is 1. The zero-order valence-corrected chi connectivity index (χ0v) is 14.5. The maximum Gasteiger partial charge on any atom is 0.267 e. The summed E-state index contributed by atoms with van der Waals surface area (Å²) in [6.45, 7) is 1.72. The molecule has 1 fully saturated rings. The Labute approximate surface area is 151 Å². The van der Waals surface area contributed by atoms with Gasteiger partial charge in [0.05, 0.1) is 0 Å². The highest BCUT2D eigenvalue weighted by atomic mass is 16.6. The Bertz CT molecular complexity index is 819. The molecule has 26 heavy (non-hydrogen) atoms. The predicted octanol–water partition coefficient (Wildman–Crippen LogP) is 2.00. The number of hydrogen-bond acceptors (Lipinski definition) is 4. The highest BCUT2D eigenvalue weighted by molar-refractivity contribution is 5.82. The van der Waals surface area contributed by atoms with Crippen molar-refractivity contribution >= 4 is 5.91 Å². The minimum Gasteiger partial charge on any atom is -0.485 e. The Morgan fingerprint density at radius 1 is 1.12 bits per heavy atom. The molecule has 1 N–H and O–H groups in total. The van der Waals surface area contributed by atoms with E-state index in [1.807, 2.05) is 35.2 Å². The summed E-state index contributed by atoms with van der Waals surface area (Å²) >= 11 is 0. The van der Waals surface area contributed by atoms with E-state index in [-0.39, 0.29) is 18.1 Å². The van der Waals surface area contributed by atoms with Crippen LogP contribution in [0.1, 0.15) is 18.4 Å². The van der Waals surface area contributed by atoms with Crippen molar-refractivity contribution in [1.82, 2.24) is 9.88 Å². The van der Waals surface area contributed by atoms with Crippen LogP contribution >= 0.6 is 0 Å². The molecule has 0 spiro atoms. The Hall–Kier alpha value is -2.76. The number of nitrogens with zero attached hydrogens (tertiary/aromatic N) is 1. The lowest BCUT2D eigenvalue weighted by Crippen LogP contribution is -2.49. The highest BCUT2D eigenvalue weighted by Crippen LogP contribution is 2.31. The van der Waals surface area contributed by atoms with Gasteiger partial charge < -0.3 is 19.4 Å². The van der Waals surface area contributed by atoms with E-state index in [4.69, 9.17) is 9.47 Å². The third kappa shape index (κ3) is 3.59. The SMILES string of the molecule is O=C(C1COc2ccccc2O1)N1CCC(Cc2ccc(=O)[nH]c2)CC1. The molecule has 1 saturated heterocycles. The van der Waals surface area contributed by atoms with Crippen LogP contribution in [0.15, 0.2) is 47.4 Å². The summed E-state index contributed by atoms with van der Waals surface area (Å²) < 4.78 is 11.5. The predicted molar refractivity (Wildman–Crippen MR) is 96.4 cm³/mol. The molecular weight excluding hydrogens is 332 g/mol. The zero-order valence-electron chi connectivity index (χ0n) is 14.5. The van der Waals surface area contributed by atoms with Crippen LogP contribution in [0.4, 0.5) is 0 Å². The third-order valence-electron chi connectivity index (χ3n) is 5.08. The molecule has 2 aliphatic rings. The minimum atomic E-state index is -0.569. The molecule has 1 aromatic carbocycles. The Morgan fingerprint density at radius 3 is 2.62 bits per heavy atom. The summed E-state index contributed by atoms with van der Waals surface area (Å²) in [6.07, 6.45) is 4.05. The molecule has 1 amide bonds. The summed E-state index contributed by atoms with van der Waals surface area (Å²) in [7, 11) is 0. The van der Waals surface area contributed by atoms with Crippen molar-refractivity contribution in [1.29, 1.82) is 0 Å². The van der Waals surface area contributed by atoms with E-state index >= 15 is 0 Å². The molecule has 4 rings (SSSR count). The van der Waals surface area contributed by atoms with Crippen molar-refractivity contribution in [2.75, 3.05) is 19.7 Å². The summed E-state index contributed by atoms with van der Waals surface area (Å²) in [5, 5.41) is 0. The van der Waals surface area contributed by atoms with E-state index in [0.717, 1.165) is 37.9 Å². The second-order valence-corrected chi connectivity index (χ2v) is 6.90. The Kier molecular flexibility index (Phi) is 4.65. The number of aromatic nitrogens is 1. The van der Waals surface area contributed by atoms with Crippen molar-refractivity contribution in [2.45, 2.75) is 25.4 Å². The number of carbonyl (C=O) groups is 1. The molecule has 2 aromatic rings. The molecule has 0 saturated carbocycles. The van der Waals surface area contributed by atoms with Gasteiger partial charge in [0.2, 0.25) is 11.7 Å². The summed E-state index contributed by atoms with van der Waals surface area (Å²) in [4.78, 5) is 28.5. The van der Waals surface area contributed by atoms with E-state index in [9.17, 15) is 9.59 Å². The molecule has 1 unspecified atom stereocenters. The Balaban J connectivity index is 1.31. The molecule has 3 heterocycles. The second-order valence-electron chi connectivity index (χ2n) is 6.90. The van der Waals surface area contributed by atoms with Gasteiger partial charge in [0.1, 0.15) is 6.61 Å². The average molecular weight is 354 g/mol. The van der Waals surface area contributed by atoms with Gasteiger partial charge in [-0.3, -0.25) is 9.59 Å². The number of carbonyl (C=O) groups excluding carboxylic acids is 1. The van der Waals surface area contributed by atoms with Crippen LogP contribution in [-0.2, 0) is 11.2 Å². The number of para-hydroxylation sites is 2. The van der Waals surface area contributed by atoms with Crippen molar-refractivity contribution in [3.8, 4) is 11.5 Å². The normalized spacial score (nSPS) is 20.0. The first-order valence-corrected chi connectivity index (χ1v) is 9.04. The van der Waals surface area contributed by atoms with E-state index in [1.165, 1.54) is 0 Å². The molecular formula is C20H22N2O4. The Morgan fingerprint density at radius 2 is 1.88 bits per heavy atom. The third-order valence-corrected chi connectivity index (χ3v) is 5.08. The van der Waals surface area contributed by atoms with E-state index in [2.05, 4.69) is 4.98 Å². The average Bonchev–Trinajstić information content (AvgIpc) is 2.69.